The average Bonchev–Trinajstić information content (AvgIpc) is 2.76. The predicted molar refractivity (Wildman–Crippen MR) is 133 cm³/mol. The number of nitrogens with zero attached hydrogens (tertiary/aromatic N) is 2. The first-order chi connectivity index (χ1) is 14.3. The van der Waals surface area contributed by atoms with Crippen LogP contribution >= 0.6 is 24.0 Å². The minimum absolute atomic E-state index is 0. The number of hydrogen-bond donors (Lipinski definition) is 2. The summed E-state index contributed by atoms with van der Waals surface area (Å²) < 4.78 is 11.3. The van der Waals surface area contributed by atoms with Gasteiger partial charge in [0, 0.05) is 33.2 Å². The molecule has 0 atom stereocenters. The highest BCUT2D eigenvalue weighted by Crippen LogP contribution is 2.15. The number of rotatable bonds is 8. The summed E-state index contributed by atoms with van der Waals surface area (Å²) in [7, 11) is 1.79. The second kappa shape index (κ2) is 13.5. The highest BCUT2D eigenvalue weighted by molar-refractivity contribution is 14.0. The molecule has 2 aromatic carbocycles. The van der Waals surface area contributed by atoms with E-state index >= 15 is 0 Å². The van der Waals surface area contributed by atoms with Crippen molar-refractivity contribution in [2.24, 2.45) is 4.99 Å². The van der Waals surface area contributed by atoms with Gasteiger partial charge in [-0.3, -0.25) is 9.89 Å². The van der Waals surface area contributed by atoms with Crippen molar-refractivity contribution in [2.45, 2.75) is 20.0 Å². The number of halogens is 1. The second-order valence-electron chi connectivity index (χ2n) is 7.12. The first-order valence-corrected chi connectivity index (χ1v) is 10.3. The number of benzene rings is 2. The van der Waals surface area contributed by atoms with Gasteiger partial charge in [0.2, 0.25) is 0 Å². The molecule has 1 heterocycles. The molecule has 0 aliphatic carbocycles. The molecule has 7 heteroatoms. The van der Waals surface area contributed by atoms with Crippen LogP contribution in [0.15, 0.2) is 53.5 Å². The van der Waals surface area contributed by atoms with Crippen molar-refractivity contribution in [1.82, 2.24) is 15.5 Å². The number of aliphatic imine (C=N–C) groups is 1. The smallest absolute Gasteiger partial charge is 0.191 e. The zero-order valence-electron chi connectivity index (χ0n) is 17.9. The Morgan fingerprint density at radius 3 is 2.47 bits per heavy atom. The monoisotopic (exact) mass is 524 g/mol. The Labute approximate surface area is 197 Å². The molecule has 0 bridgehead atoms. The van der Waals surface area contributed by atoms with Crippen molar-refractivity contribution in [3.8, 4) is 5.75 Å². The van der Waals surface area contributed by atoms with Gasteiger partial charge < -0.3 is 20.1 Å². The fourth-order valence-electron chi connectivity index (χ4n) is 3.33. The zero-order chi connectivity index (χ0) is 20.3. The van der Waals surface area contributed by atoms with Gasteiger partial charge >= 0.3 is 0 Å². The van der Waals surface area contributed by atoms with E-state index < -0.39 is 0 Å². The lowest BCUT2D eigenvalue weighted by atomic mass is 10.1. The molecule has 30 heavy (non-hydrogen) atoms. The zero-order valence-corrected chi connectivity index (χ0v) is 20.2. The van der Waals surface area contributed by atoms with Gasteiger partial charge in [0.1, 0.15) is 12.4 Å². The van der Waals surface area contributed by atoms with Crippen LogP contribution in [0.4, 0.5) is 0 Å². The molecule has 0 aromatic heterocycles. The summed E-state index contributed by atoms with van der Waals surface area (Å²) in [6.07, 6.45) is 0. The van der Waals surface area contributed by atoms with Crippen molar-refractivity contribution in [3.63, 3.8) is 0 Å². The highest BCUT2D eigenvalue weighted by Gasteiger charge is 2.12. The van der Waals surface area contributed by atoms with Crippen molar-refractivity contribution >= 4 is 29.9 Å². The second-order valence-corrected chi connectivity index (χ2v) is 7.12. The van der Waals surface area contributed by atoms with Crippen LogP contribution in [-0.2, 0) is 17.8 Å². The van der Waals surface area contributed by atoms with Crippen LogP contribution in [0, 0.1) is 6.92 Å². The normalized spacial score (nSPS) is 14.7. The standard InChI is InChI=1S/C23H32N4O2.HI/c1-19-7-3-6-10-22(19)29-14-11-25-23(24-2)26-17-20-8-4-5-9-21(20)18-27-12-15-28-16-13-27;/h3-10H,11-18H2,1-2H3,(H2,24,25,26);1H. The summed E-state index contributed by atoms with van der Waals surface area (Å²) in [5, 5.41) is 6.73. The first kappa shape index (κ1) is 24.4. The summed E-state index contributed by atoms with van der Waals surface area (Å²) in [4.78, 5) is 6.77. The van der Waals surface area contributed by atoms with Gasteiger partial charge in [0.15, 0.2) is 5.96 Å². The molecule has 1 aliphatic rings. The molecule has 2 N–H and O–H groups in total. The molecular weight excluding hydrogens is 491 g/mol. The summed E-state index contributed by atoms with van der Waals surface area (Å²) in [6, 6.07) is 16.6. The fraction of sp³-hybridized carbons (Fsp3) is 0.435. The third-order valence-electron chi connectivity index (χ3n) is 5.03. The molecule has 3 rings (SSSR count). The molecule has 1 fully saturated rings. The number of guanidine groups is 1. The van der Waals surface area contributed by atoms with Crippen LogP contribution in [0.5, 0.6) is 5.75 Å². The quantitative estimate of drug-likeness (QED) is 0.241. The van der Waals surface area contributed by atoms with Crippen molar-refractivity contribution in [2.75, 3.05) is 46.5 Å². The van der Waals surface area contributed by atoms with Gasteiger partial charge in [0.05, 0.1) is 19.8 Å². The van der Waals surface area contributed by atoms with Crippen LogP contribution in [0.2, 0.25) is 0 Å². The maximum Gasteiger partial charge on any atom is 0.191 e. The molecule has 1 saturated heterocycles. The maximum atomic E-state index is 5.84. The summed E-state index contributed by atoms with van der Waals surface area (Å²) in [5.74, 6) is 1.70. The molecule has 0 radical (unpaired) electrons. The molecule has 0 saturated carbocycles. The summed E-state index contributed by atoms with van der Waals surface area (Å²) in [5.41, 5.74) is 3.78. The van der Waals surface area contributed by atoms with E-state index in [4.69, 9.17) is 9.47 Å². The van der Waals surface area contributed by atoms with E-state index in [9.17, 15) is 0 Å². The minimum Gasteiger partial charge on any atom is -0.491 e. The maximum absolute atomic E-state index is 5.84. The molecule has 0 amide bonds. The van der Waals surface area contributed by atoms with Crippen LogP contribution in [-0.4, -0.2) is 57.4 Å². The molecule has 6 nitrogen and oxygen atoms in total. The number of aryl methyl sites for hydroxylation is 1. The van der Waals surface area contributed by atoms with Gasteiger partial charge in [-0.05, 0) is 29.7 Å². The van der Waals surface area contributed by atoms with E-state index in [1.165, 1.54) is 11.1 Å². The van der Waals surface area contributed by atoms with E-state index in [1.54, 1.807) is 7.05 Å². The number of ether oxygens (including phenoxy) is 2. The van der Waals surface area contributed by atoms with Gasteiger partial charge in [-0.25, -0.2) is 0 Å². The third kappa shape index (κ3) is 7.77. The van der Waals surface area contributed by atoms with Crippen LogP contribution in [0.3, 0.4) is 0 Å². The lowest BCUT2D eigenvalue weighted by Gasteiger charge is -2.27. The first-order valence-electron chi connectivity index (χ1n) is 10.3. The van der Waals surface area contributed by atoms with Gasteiger partial charge in [-0.15, -0.1) is 24.0 Å². The molecule has 164 valence electrons. The SMILES string of the molecule is CN=C(NCCOc1ccccc1C)NCc1ccccc1CN1CCOCC1.I. The number of hydrogen-bond acceptors (Lipinski definition) is 4. The van der Waals surface area contributed by atoms with Crippen LogP contribution in [0.25, 0.3) is 0 Å². The Morgan fingerprint density at radius 2 is 1.73 bits per heavy atom. The fourth-order valence-corrected chi connectivity index (χ4v) is 3.33. The Balaban J connectivity index is 0.00000320. The van der Waals surface area contributed by atoms with Gasteiger partial charge in [0.25, 0.3) is 0 Å². The lowest BCUT2D eigenvalue weighted by Crippen LogP contribution is -2.39. The van der Waals surface area contributed by atoms with Crippen LogP contribution in [0.1, 0.15) is 16.7 Å². The summed E-state index contributed by atoms with van der Waals surface area (Å²) in [6.45, 7) is 8.64. The van der Waals surface area contributed by atoms with E-state index in [0.29, 0.717) is 13.2 Å². The third-order valence-corrected chi connectivity index (χ3v) is 5.03. The van der Waals surface area contributed by atoms with Crippen molar-refractivity contribution in [3.05, 3.63) is 65.2 Å². The van der Waals surface area contributed by atoms with E-state index in [1.807, 2.05) is 18.2 Å². The minimum atomic E-state index is 0. The molecule has 0 spiro atoms. The topological polar surface area (TPSA) is 58.1 Å². The van der Waals surface area contributed by atoms with Gasteiger partial charge in [-0.1, -0.05) is 42.5 Å². The van der Waals surface area contributed by atoms with Crippen LogP contribution < -0.4 is 15.4 Å². The molecule has 0 unspecified atom stereocenters. The van der Waals surface area contributed by atoms with Crippen molar-refractivity contribution in [1.29, 1.82) is 0 Å². The largest absolute Gasteiger partial charge is 0.491 e. The lowest BCUT2D eigenvalue weighted by molar-refractivity contribution is 0.0341. The average molecular weight is 524 g/mol. The Morgan fingerprint density at radius 1 is 1.03 bits per heavy atom. The number of nitrogens with one attached hydrogen (secondary N) is 2. The van der Waals surface area contributed by atoms with E-state index in [2.05, 4.69) is 57.8 Å². The number of para-hydroxylation sites is 1. The van der Waals surface area contributed by atoms with E-state index in [-0.39, 0.29) is 24.0 Å². The van der Waals surface area contributed by atoms with E-state index in [0.717, 1.165) is 56.7 Å². The Bertz CT molecular complexity index is 794. The van der Waals surface area contributed by atoms with Gasteiger partial charge in [-0.2, -0.15) is 0 Å². The predicted octanol–water partition coefficient (Wildman–Crippen LogP) is 3.19. The highest BCUT2D eigenvalue weighted by atomic mass is 127. The Hall–Kier alpha value is -1.84. The Kier molecular flexibility index (Phi) is 11.0. The van der Waals surface area contributed by atoms with Crippen molar-refractivity contribution < 1.29 is 9.47 Å². The summed E-state index contributed by atoms with van der Waals surface area (Å²) >= 11 is 0. The number of morpholine rings is 1. The molecule has 1 aliphatic heterocycles. The molecule has 2 aromatic rings. The molecular formula is C23H33IN4O2.